The number of rotatable bonds is 2. The third-order valence-corrected chi connectivity index (χ3v) is 7.37. The molecule has 28 heavy (non-hydrogen) atoms. The monoisotopic (exact) mass is 394 g/mol. The van der Waals surface area contributed by atoms with Crippen LogP contribution < -0.4 is 0 Å². The van der Waals surface area contributed by atoms with Gasteiger partial charge in [0.15, 0.2) is 0 Å². The largest absolute Gasteiger partial charge is 0.338 e. The van der Waals surface area contributed by atoms with Crippen molar-refractivity contribution >= 4 is 23.6 Å². The van der Waals surface area contributed by atoms with Crippen molar-refractivity contribution in [3.8, 4) is 0 Å². The van der Waals surface area contributed by atoms with Gasteiger partial charge in [-0.1, -0.05) is 35.4 Å². The summed E-state index contributed by atoms with van der Waals surface area (Å²) in [7, 11) is 0. The fraction of sp³-hybridized carbons (Fsp3) is 0.391. The maximum Gasteiger partial charge on any atom is 0.255 e. The van der Waals surface area contributed by atoms with Crippen molar-refractivity contribution in [3.63, 3.8) is 0 Å². The van der Waals surface area contributed by atoms with Gasteiger partial charge in [0, 0.05) is 36.5 Å². The van der Waals surface area contributed by atoms with Crippen LogP contribution in [-0.2, 0) is 0 Å². The van der Waals surface area contributed by atoms with Crippen LogP contribution in [0.15, 0.2) is 48.5 Å². The smallest absolute Gasteiger partial charge is 0.255 e. The lowest BCUT2D eigenvalue weighted by atomic mass is 9.99. The first-order chi connectivity index (χ1) is 13.5. The summed E-state index contributed by atoms with van der Waals surface area (Å²) < 4.78 is 0. The summed E-state index contributed by atoms with van der Waals surface area (Å²) in [6, 6.07) is 15.6. The molecular formula is C23H26N2O2S. The normalized spacial score (nSPS) is 18.5. The molecule has 2 aromatic rings. The molecule has 2 aromatic carbocycles. The van der Waals surface area contributed by atoms with Gasteiger partial charge >= 0.3 is 0 Å². The molecule has 4 nitrogen and oxygen atoms in total. The van der Waals surface area contributed by atoms with Crippen molar-refractivity contribution in [2.75, 3.05) is 25.4 Å². The Morgan fingerprint density at radius 2 is 1.57 bits per heavy atom. The molecule has 2 fully saturated rings. The topological polar surface area (TPSA) is 40.6 Å². The molecule has 0 N–H and O–H groups in total. The van der Waals surface area contributed by atoms with Crippen molar-refractivity contribution in [1.29, 1.82) is 0 Å². The minimum absolute atomic E-state index is 0.0920. The van der Waals surface area contributed by atoms with Gasteiger partial charge in [0.05, 0.1) is 4.87 Å². The van der Waals surface area contributed by atoms with E-state index in [0.29, 0.717) is 13.1 Å². The molecule has 0 bridgehead atoms. The van der Waals surface area contributed by atoms with E-state index in [0.717, 1.165) is 47.4 Å². The quantitative estimate of drug-likeness (QED) is 0.769. The van der Waals surface area contributed by atoms with E-state index in [1.54, 1.807) is 0 Å². The Balaban J connectivity index is 1.47. The van der Waals surface area contributed by atoms with Gasteiger partial charge in [-0.25, -0.2) is 0 Å². The summed E-state index contributed by atoms with van der Waals surface area (Å²) in [6.07, 6.45) is 1.65. The minimum atomic E-state index is -0.176. The van der Waals surface area contributed by atoms with Crippen LogP contribution in [0, 0.1) is 13.8 Å². The average Bonchev–Trinajstić information content (AvgIpc) is 3.11. The first-order valence-corrected chi connectivity index (χ1v) is 10.9. The maximum absolute atomic E-state index is 13.2. The van der Waals surface area contributed by atoms with Crippen LogP contribution in [0.3, 0.4) is 0 Å². The highest BCUT2D eigenvalue weighted by molar-refractivity contribution is 8.00. The molecule has 0 atom stereocenters. The molecule has 0 saturated carbocycles. The van der Waals surface area contributed by atoms with Crippen LogP contribution in [0.25, 0.3) is 0 Å². The lowest BCUT2D eigenvalue weighted by Crippen LogP contribution is -2.53. The number of carbonyl (C=O) groups excluding carboxylic acids is 2. The van der Waals surface area contributed by atoms with Gasteiger partial charge in [-0.05, 0) is 51.0 Å². The first-order valence-electron chi connectivity index (χ1n) is 9.87. The summed E-state index contributed by atoms with van der Waals surface area (Å²) in [5, 5.41) is 0. The Morgan fingerprint density at radius 3 is 2.25 bits per heavy atom. The zero-order valence-corrected chi connectivity index (χ0v) is 17.3. The van der Waals surface area contributed by atoms with Crippen molar-refractivity contribution in [3.05, 3.63) is 70.8 Å². The summed E-state index contributed by atoms with van der Waals surface area (Å²) in [6.45, 7) is 6.20. The average molecular weight is 395 g/mol. The highest BCUT2D eigenvalue weighted by atomic mass is 32.2. The summed E-state index contributed by atoms with van der Waals surface area (Å²) in [5.74, 6) is 1.17. The second-order valence-electron chi connectivity index (χ2n) is 7.78. The Morgan fingerprint density at radius 1 is 0.857 bits per heavy atom. The van der Waals surface area contributed by atoms with Crippen LogP contribution in [0.5, 0.6) is 0 Å². The molecule has 2 aliphatic rings. The van der Waals surface area contributed by atoms with Crippen LogP contribution in [-0.4, -0.2) is 51.9 Å². The van der Waals surface area contributed by atoms with Crippen molar-refractivity contribution in [1.82, 2.24) is 9.80 Å². The van der Waals surface area contributed by atoms with Gasteiger partial charge in [-0.2, -0.15) is 0 Å². The number of benzene rings is 2. The summed E-state index contributed by atoms with van der Waals surface area (Å²) >= 11 is 1.88. The zero-order valence-electron chi connectivity index (χ0n) is 16.5. The van der Waals surface area contributed by atoms with Gasteiger partial charge in [0.1, 0.15) is 0 Å². The molecule has 2 aliphatic heterocycles. The van der Waals surface area contributed by atoms with Crippen LogP contribution in [0.2, 0.25) is 0 Å². The van der Waals surface area contributed by atoms with E-state index in [1.165, 1.54) is 0 Å². The fourth-order valence-corrected chi connectivity index (χ4v) is 5.64. The summed E-state index contributed by atoms with van der Waals surface area (Å²) in [5.41, 5.74) is 3.76. The van der Waals surface area contributed by atoms with E-state index >= 15 is 0 Å². The van der Waals surface area contributed by atoms with Crippen molar-refractivity contribution < 1.29 is 9.59 Å². The van der Waals surface area contributed by atoms with Crippen LogP contribution in [0.1, 0.15) is 44.7 Å². The fourth-order valence-electron chi connectivity index (χ4n) is 4.18. The molecule has 2 amide bonds. The van der Waals surface area contributed by atoms with Gasteiger partial charge in [-0.3, -0.25) is 9.59 Å². The molecule has 2 heterocycles. The number of nitrogens with zero attached hydrogens (tertiary/aromatic N) is 2. The van der Waals surface area contributed by atoms with E-state index in [2.05, 4.69) is 4.90 Å². The Kier molecular flexibility index (Phi) is 5.19. The number of amides is 2. The van der Waals surface area contributed by atoms with E-state index in [-0.39, 0.29) is 16.7 Å². The lowest BCUT2D eigenvalue weighted by molar-refractivity contribution is 0.0497. The molecule has 0 unspecified atom stereocenters. The molecule has 0 aliphatic carbocycles. The third kappa shape index (κ3) is 3.55. The van der Waals surface area contributed by atoms with Gasteiger partial charge in [0.25, 0.3) is 11.8 Å². The van der Waals surface area contributed by atoms with E-state index < -0.39 is 0 Å². The number of aryl methyl sites for hydroxylation is 2. The SMILES string of the molecule is Cc1ccc(C(=O)N2CCC3(CC2)SCCN3C(=O)c2cccc(C)c2)cc1. The van der Waals surface area contributed by atoms with Gasteiger partial charge < -0.3 is 9.80 Å². The molecule has 5 heteroatoms. The standard InChI is InChI=1S/C23H26N2O2S/c1-17-6-8-19(9-7-17)21(26)24-12-10-23(11-13-24)25(14-15-28-23)22(27)20-5-3-4-18(2)16-20/h3-9,16H,10-15H2,1-2H3. The van der Waals surface area contributed by atoms with Crippen molar-refractivity contribution in [2.45, 2.75) is 31.6 Å². The van der Waals surface area contributed by atoms with E-state index in [4.69, 9.17) is 0 Å². The number of piperidine rings is 1. The molecular weight excluding hydrogens is 368 g/mol. The van der Waals surface area contributed by atoms with E-state index in [9.17, 15) is 9.59 Å². The molecule has 146 valence electrons. The number of likely N-dealkylation sites (tertiary alicyclic amines) is 1. The minimum Gasteiger partial charge on any atom is -0.338 e. The Hall–Kier alpha value is -2.27. The Labute approximate surface area is 170 Å². The highest BCUT2D eigenvalue weighted by Gasteiger charge is 2.47. The number of thioether (sulfide) groups is 1. The first kappa shape index (κ1) is 19.1. The molecule has 2 saturated heterocycles. The third-order valence-electron chi connectivity index (χ3n) is 5.82. The predicted molar refractivity (Wildman–Crippen MR) is 114 cm³/mol. The van der Waals surface area contributed by atoms with Gasteiger partial charge in [0.2, 0.25) is 0 Å². The predicted octanol–water partition coefficient (Wildman–Crippen LogP) is 4.12. The lowest BCUT2D eigenvalue weighted by Gasteiger charge is -2.44. The molecule has 1 spiro atoms. The van der Waals surface area contributed by atoms with Crippen LogP contribution in [0.4, 0.5) is 0 Å². The zero-order chi connectivity index (χ0) is 19.7. The highest BCUT2D eigenvalue weighted by Crippen LogP contribution is 2.44. The second-order valence-corrected chi connectivity index (χ2v) is 9.24. The summed E-state index contributed by atoms with van der Waals surface area (Å²) in [4.78, 5) is 29.8. The maximum atomic E-state index is 13.2. The van der Waals surface area contributed by atoms with Crippen molar-refractivity contribution in [2.24, 2.45) is 0 Å². The Bertz CT molecular complexity index is 886. The molecule has 4 rings (SSSR count). The molecule has 0 aromatic heterocycles. The molecule has 0 radical (unpaired) electrons. The van der Waals surface area contributed by atoms with Crippen LogP contribution >= 0.6 is 11.8 Å². The van der Waals surface area contributed by atoms with Gasteiger partial charge in [-0.15, -0.1) is 11.8 Å². The number of hydrogen-bond donors (Lipinski definition) is 0. The van der Waals surface area contributed by atoms with E-state index in [1.807, 2.05) is 79.0 Å². The second kappa shape index (κ2) is 7.63. The number of hydrogen-bond acceptors (Lipinski definition) is 3. The number of carbonyl (C=O) groups is 2.